The maximum Gasteiger partial charge on any atom is 0.214 e. The van der Waals surface area contributed by atoms with E-state index in [1.54, 1.807) is 27.7 Å². The van der Waals surface area contributed by atoms with Crippen molar-refractivity contribution in [2.24, 2.45) is 0 Å². The fourth-order valence-corrected chi connectivity index (χ4v) is 2.16. The number of pyridine rings is 1. The van der Waals surface area contributed by atoms with E-state index in [0.717, 1.165) is 18.5 Å². The molecule has 0 saturated heterocycles. The number of carbonyl (C=O) groups is 1. The molecule has 0 atom stereocenters. The van der Waals surface area contributed by atoms with E-state index in [9.17, 15) is 4.79 Å². The molecule has 96 valence electrons. The summed E-state index contributed by atoms with van der Waals surface area (Å²) < 4.78 is 3.45. The van der Waals surface area contributed by atoms with Crippen molar-refractivity contribution in [1.82, 2.24) is 19.4 Å². The first-order valence-electron chi connectivity index (χ1n) is 6.30. The van der Waals surface area contributed by atoms with Crippen LogP contribution in [0.4, 0.5) is 0 Å². The van der Waals surface area contributed by atoms with Gasteiger partial charge in [0.2, 0.25) is 5.78 Å². The summed E-state index contributed by atoms with van der Waals surface area (Å²) in [5, 5.41) is 8.38. The lowest BCUT2D eigenvalue weighted by Crippen LogP contribution is -2.11. The van der Waals surface area contributed by atoms with Gasteiger partial charge < -0.3 is 0 Å². The van der Waals surface area contributed by atoms with E-state index in [1.165, 1.54) is 0 Å². The summed E-state index contributed by atoms with van der Waals surface area (Å²) in [5.74, 6) is -0.0350. The highest BCUT2D eigenvalue weighted by atomic mass is 16.1. The fourth-order valence-electron chi connectivity index (χ4n) is 2.16. The van der Waals surface area contributed by atoms with Crippen LogP contribution in [-0.4, -0.2) is 25.2 Å². The number of aromatic nitrogens is 4. The molecule has 0 amide bonds. The summed E-state index contributed by atoms with van der Waals surface area (Å²) in [6.07, 6.45) is 6.04. The summed E-state index contributed by atoms with van der Waals surface area (Å²) in [7, 11) is 0. The lowest BCUT2D eigenvalue weighted by Gasteiger charge is -2.04. The van der Waals surface area contributed by atoms with Crippen molar-refractivity contribution in [1.29, 1.82) is 0 Å². The third kappa shape index (κ3) is 1.93. The van der Waals surface area contributed by atoms with Gasteiger partial charge in [-0.05, 0) is 24.6 Å². The molecule has 3 heterocycles. The SMILES string of the molecule is CCCn1nccc1C(=O)c1cnn2ccccc12. The second-order valence-corrected chi connectivity index (χ2v) is 4.36. The van der Waals surface area contributed by atoms with Crippen molar-refractivity contribution < 1.29 is 4.79 Å². The molecule has 0 N–H and O–H groups in total. The van der Waals surface area contributed by atoms with Crippen molar-refractivity contribution in [2.45, 2.75) is 19.9 Å². The monoisotopic (exact) mass is 254 g/mol. The van der Waals surface area contributed by atoms with Crippen LogP contribution in [0.15, 0.2) is 42.9 Å². The molecule has 0 spiro atoms. The Morgan fingerprint density at radius 3 is 3.00 bits per heavy atom. The lowest BCUT2D eigenvalue weighted by molar-refractivity contribution is 0.103. The Balaban J connectivity index is 2.06. The van der Waals surface area contributed by atoms with Gasteiger partial charge in [-0.15, -0.1) is 0 Å². The van der Waals surface area contributed by atoms with Crippen LogP contribution in [0.25, 0.3) is 5.52 Å². The Bertz CT molecular complexity index is 726. The molecule has 0 saturated carbocycles. The van der Waals surface area contributed by atoms with Gasteiger partial charge in [0.15, 0.2) is 0 Å². The van der Waals surface area contributed by atoms with Crippen LogP contribution in [-0.2, 0) is 6.54 Å². The number of ketones is 1. The minimum absolute atomic E-state index is 0.0350. The zero-order valence-corrected chi connectivity index (χ0v) is 10.7. The molecule has 0 radical (unpaired) electrons. The molecule has 5 heteroatoms. The van der Waals surface area contributed by atoms with Gasteiger partial charge in [0.1, 0.15) is 5.69 Å². The summed E-state index contributed by atoms with van der Waals surface area (Å²) >= 11 is 0. The van der Waals surface area contributed by atoms with Gasteiger partial charge in [0.05, 0.1) is 17.3 Å². The first kappa shape index (κ1) is 11.6. The van der Waals surface area contributed by atoms with E-state index >= 15 is 0 Å². The Labute approximate surface area is 110 Å². The van der Waals surface area contributed by atoms with Crippen LogP contribution in [0, 0.1) is 0 Å². The molecular formula is C14H14N4O. The third-order valence-electron chi connectivity index (χ3n) is 3.06. The van der Waals surface area contributed by atoms with E-state index in [-0.39, 0.29) is 5.78 Å². The molecule has 0 aromatic carbocycles. The fraction of sp³-hybridized carbons (Fsp3) is 0.214. The molecule has 0 unspecified atom stereocenters. The standard InChI is InChI=1S/C14H14N4O/c1-2-8-17-13(6-7-15-17)14(19)11-10-16-18-9-4-3-5-12(11)18/h3-7,9-10H,2,8H2,1H3. The summed E-state index contributed by atoms with van der Waals surface area (Å²) in [4.78, 5) is 12.6. The maximum absolute atomic E-state index is 12.6. The Kier molecular flexibility index (Phi) is 2.87. The average Bonchev–Trinajstić information content (AvgIpc) is 3.04. The predicted molar refractivity (Wildman–Crippen MR) is 71.1 cm³/mol. The van der Waals surface area contributed by atoms with Crippen molar-refractivity contribution in [3.8, 4) is 0 Å². The van der Waals surface area contributed by atoms with Crippen molar-refractivity contribution >= 4 is 11.3 Å². The molecule has 3 aromatic rings. The number of carbonyl (C=O) groups excluding carboxylic acids is 1. The van der Waals surface area contributed by atoms with Crippen molar-refractivity contribution in [3.05, 3.63) is 54.1 Å². The summed E-state index contributed by atoms with van der Waals surface area (Å²) in [5.41, 5.74) is 2.04. The van der Waals surface area contributed by atoms with Gasteiger partial charge in [0.25, 0.3) is 0 Å². The molecular weight excluding hydrogens is 240 g/mol. The van der Waals surface area contributed by atoms with Gasteiger partial charge in [-0.25, -0.2) is 4.52 Å². The summed E-state index contributed by atoms with van der Waals surface area (Å²) in [6.45, 7) is 2.80. The second kappa shape index (κ2) is 4.68. The molecule has 3 rings (SSSR count). The smallest absolute Gasteiger partial charge is 0.214 e. The van der Waals surface area contributed by atoms with E-state index in [0.29, 0.717) is 11.3 Å². The Hall–Kier alpha value is -2.43. The average molecular weight is 254 g/mol. The number of hydrogen-bond acceptors (Lipinski definition) is 3. The molecule has 0 fully saturated rings. The van der Waals surface area contributed by atoms with Gasteiger partial charge in [-0.1, -0.05) is 13.0 Å². The third-order valence-corrected chi connectivity index (χ3v) is 3.06. The molecule has 0 aliphatic rings. The number of rotatable bonds is 4. The molecule has 0 aliphatic heterocycles. The topological polar surface area (TPSA) is 52.2 Å². The van der Waals surface area contributed by atoms with Crippen LogP contribution < -0.4 is 0 Å². The van der Waals surface area contributed by atoms with Crippen LogP contribution >= 0.6 is 0 Å². The molecule has 0 bridgehead atoms. The highest BCUT2D eigenvalue weighted by molar-refractivity contribution is 6.12. The number of aryl methyl sites for hydroxylation is 1. The minimum atomic E-state index is -0.0350. The molecule has 0 aliphatic carbocycles. The van der Waals surface area contributed by atoms with Crippen molar-refractivity contribution in [3.63, 3.8) is 0 Å². The second-order valence-electron chi connectivity index (χ2n) is 4.36. The van der Waals surface area contributed by atoms with Gasteiger partial charge in [-0.2, -0.15) is 10.2 Å². The highest BCUT2D eigenvalue weighted by Crippen LogP contribution is 2.15. The number of hydrogen-bond donors (Lipinski definition) is 0. The first-order chi connectivity index (χ1) is 9.31. The van der Waals surface area contributed by atoms with E-state index < -0.39 is 0 Å². The maximum atomic E-state index is 12.6. The summed E-state index contributed by atoms with van der Waals surface area (Å²) in [6, 6.07) is 7.43. The van der Waals surface area contributed by atoms with Crippen molar-refractivity contribution in [2.75, 3.05) is 0 Å². The number of nitrogens with zero attached hydrogens (tertiary/aromatic N) is 4. The van der Waals surface area contributed by atoms with Gasteiger partial charge >= 0.3 is 0 Å². The largest absolute Gasteiger partial charge is 0.287 e. The Morgan fingerprint density at radius 1 is 1.26 bits per heavy atom. The zero-order chi connectivity index (χ0) is 13.2. The molecule has 5 nitrogen and oxygen atoms in total. The van der Waals surface area contributed by atoms with E-state index in [4.69, 9.17) is 0 Å². The lowest BCUT2D eigenvalue weighted by atomic mass is 10.1. The quantitative estimate of drug-likeness (QED) is 0.670. The van der Waals surface area contributed by atoms with Crippen LogP contribution in [0.3, 0.4) is 0 Å². The van der Waals surface area contributed by atoms with Crippen LogP contribution in [0.2, 0.25) is 0 Å². The normalized spacial score (nSPS) is 11.0. The highest BCUT2D eigenvalue weighted by Gasteiger charge is 2.18. The predicted octanol–water partition coefficient (Wildman–Crippen LogP) is 2.17. The molecule has 19 heavy (non-hydrogen) atoms. The van der Waals surface area contributed by atoms with Gasteiger partial charge in [0, 0.05) is 18.9 Å². The van der Waals surface area contributed by atoms with E-state index in [2.05, 4.69) is 17.1 Å². The Morgan fingerprint density at radius 2 is 2.16 bits per heavy atom. The van der Waals surface area contributed by atoms with E-state index in [1.807, 2.05) is 24.4 Å². The number of fused-ring (bicyclic) bond motifs is 1. The van der Waals surface area contributed by atoms with Gasteiger partial charge in [-0.3, -0.25) is 9.48 Å². The first-order valence-corrected chi connectivity index (χ1v) is 6.30. The van der Waals surface area contributed by atoms with Crippen LogP contribution in [0.1, 0.15) is 29.4 Å². The molecule has 3 aromatic heterocycles. The zero-order valence-electron chi connectivity index (χ0n) is 10.7. The minimum Gasteiger partial charge on any atom is -0.287 e. The van der Waals surface area contributed by atoms with Crippen LogP contribution in [0.5, 0.6) is 0 Å².